The van der Waals surface area contributed by atoms with Crippen LogP contribution in [-0.4, -0.2) is 288 Å². The number of methoxy groups -OCH3 is 4. The molecule has 4 amide bonds. The van der Waals surface area contributed by atoms with Gasteiger partial charge in [-0.15, -0.1) is 0 Å². The number of allylic oxidation sites excluding steroid dienone is 8. The summed E-state index contributed by atoms with van der Waals surface area (Å²) in [6, 6.07) is -1.87. The molecule has 20 atom stereocenters. The summed E-state index contributed by atoms with van der Waals surface area (Å²) in [6.45, 7) is 8.08. The maximum absolute atomic E-state index is 15.2. The van der Waals surface area contributed by atoms with E-state index in [2.05, 4.69) is 42.5 Å². The molecule has 600 valence electrons. The molecule has 13 aliphatic heterocycles. The lowest BCUT2D eigenvalue weighted by molar-refractivity contribution is -0.151. The van der Waals surface area contributed by atoms with Crippen LogP contribution >= 0.6 is 43.2 Å². The standard InChI is InChI=1S/C72H88N16O20S4/c1-25-41(53(93)37-45(49(25)89)85-21-33-57(81-33)69(85,101-5)61(37)105-65(73)97)77-17-29-13-9-10-14-31(19-79-43-27(3)51(91)47-39(55(43)95)63(107-67(75)99)71(103-7)59-35(83-59)23-87(47)71)111-112-32(20-80-44-28(4)52(92)48-40(56(44)96)64(108-68(76)100)72(104-8)60-36(84-60)24-88(48)72)16-12-11-15-30(110-109-29)18-78-42-26(2)50(90)46-38(54(42)94)62(106-66(74)98)70(102-6)58-34(82-58)22-86(46)70/h29-36,57-64,77-84H,9-24H2,1-8H3,(H2,73,97)(H2,74,98)(H2,75,99)(H2,76,100)/t29?,30?,31?,32?,33-,34-,35-,36-,57-,58-,59-,60-,61+,62+,63+,64+,69-,70-,71-,72-/m0/s1. The molecule has 16 N–H and O–H groups in total. The van der Waals surface area contributed by atoms with Crippen molar-refractivity contribution in [3.63, 3.8) is 0 Å². The number of nitrogens with two attached hydrogens (primary N) is 4. The topological polar surface area (TPSA) is 532 Å². The summed E-state index contributed by atoms with van der Waals surface area (Å²) in [6.07, 6.45) is -5.70. The van der Waals surface area contributed by atoms with Gasteiger partial charge in [0.15, 0.2) is 47.3 Å². The van der Waals surface area contributed by atoms with Crippen LogP contribution in [0.15, 0.2) is 90.2 Å². The maximum Gasteiger partial charge on any atom is 0.405 e. The largest absolute Gasteiger partial charge is 0.436 e. The van der Waals surface area contributed by atoms with Crippen LogP contribution < -0.4 is 65.5 Å². The average Bonchev–Trinajstić information content (AvgIpc) is 1.52. The van der Waals surface area contributed by atoms with Crippen LogP contribution in [-0.2, 0) is 76.3 Å². The Morgan fingerprint density at radius 1 is 0.357 bits per heavy atom. The first-order chi connectivity index (χ1) is 53.6. The molecule has 0 saturated carbocycles. The molecule has 4 unspecified atom stereocenters. The van der Waals surface area contributed by atoms with Crippen LogP contribution in [0.3, 0.4) is 0 Å². The minimum absolute atomic E-state index is 0.0145. The van der Waals surface area contributed by atoms with Crippen molar-refractivity contribution < 1.29 is 95.4 Å². The minimum Gasteiger partial charge on any atom is -0.436 e. The molecular formula is C72H88N16O20S4. The molecule has 13 heterocycles. The predicted molar refractivity (Wildman–Crippen MR) is 400 cm³/mol. The molecule has 40 heteroatoms. The molecule has 0 aromatic carbocycles. The fourth-order valence-electron chi connectivity index (χ4n) is 20.1. The molecular weight excluding hydrogens is 1540 g/mol. The third-order valence-corrected chi connectivity index (χ3v) is 32.4. The fourth-order valence-corrected chi connectivity index (χ4v) is 26.3. The number of carbonyl (C=O) groups is 12. The Morgan fingerprint density at radius 3 is 0.732 bits per heavy atom. The molecule has 36 nitrogen and oxygen atoms in total. The lowest BCUT2D eigenvalue weighted by atomic mass is 9.88. The monoisotopic (exact) mass is 1620 g/mol. The van der Waals surface area contributed by atoms with E-state index in [9.17, 15) is 38.4 Å². The first-order valence-electron chi connectivity index (χ1n) is 37.6. The van der Waals surface area contributed by atoms with Crippen molar-refractivity contribution in [1.82, 2.24) is 62.1 Å². The smallest absolute Gasteiger partial charge is 0.405 e. The zero-order valence-electron chi connectivity index (χ0n) is 62.4. The third-order valence-electron chi connectivity index (χ3n) is 25.5. The summed E-state index contributed by atoms with van der Waals surface area (Å²) in [4.78, 5) is 177. The number of ether oxygens (including phenoxy) is 8. The minimum atomic E-state index is -1.41. The van der Waals surface area contributed by atoms with Crippen LogP contribution in [0, 0.1) is 0 Å². The van der Waals surface area contributed by atoms with Gasteiger partial charge in [-0.2, -0.15) is 0 Å². The van der Waals surface area contributed by atoms with Gasteiger partial charge in [-0.3, -0.25) is 38.4 Å². The Morgan fingerprint density at radius 2 is 0.554 bits per heavy atom. The Balaban J connectivity index is 0.662. The summed E-state index contributed by atoms with van der Waals surface area (Å²) in [5.74, 6) is -4.04. The van der Waals surface area contributed by atoms with Crippen molar-refractivity contribution in [2.75, 3.05) is 80.8 Å². The first-order valence-corrected chi connectivity index (χ1v) is 42.1. The van der Waals surface area contributed by atoms with E-state index in [4.69, 9.17) is 60.8 Å². The highest BCUT2D eigenvalue weighted by Gasteiger charge is 2.79. The number of primary amides is 4. The number of nitrogens with one attached hydrogen (secondary N) is 8. The Hall–Kier alpha value is -8.16. The second-order valence-electron chi connectivity index (χ2n) is 31.2. The molecule has 112 heavy (non-hydrogen) atoms. The highest BCUT2D eigenvalue weighted by atomic mass is 33.1. The summed E-state index contributed by atoms with van der Waals surface area (Å²) in [5.41, 5.74) is 17.9. The zero-order valence-corrected chi connectivity index (χ0v) is 65.7. The number of fused-ring (bicyclic) bond motifs is 16. The van der Waals surface area contributed by atoms with E-state index in [-0.39, 0.29) is 186 Å². The summed E-state index contributed by atoms with van der Waals surface area (Å²) in [7, 11) is 11.8. The molecule has 0 bridgehead atoms. The highest BCUT2D eigenvalue weighted by molar-refractivity contribution is 8.77. The quantitative estimate of drug-likeness (QED) is 0.0281. The number of carbonyl (C=O) groups excluding carboxylic acids is 12. The van der Waals surface area contributed by atoms with Gasteiger partial charge < -0.3 is 123 Å². The lowest BCUT2D eigenvalue weighted by Gasteiger charge is -2.38. The molecule has 9 saturated heterocycles. The molecule has 0 radical (unpaired) electrons. The summed E-state index contributed by atoms with van der Waals surface area (Å²) < 4.78 is 47.4. The second-order valence-corrected chi connectivity index (χ2v) is 36.9. The van der Waals surface area contributed by atoms with Crippen LogP contribution in [0.1, 0.15) is 79.1 Å². The Bertz CT molecular complexity index is 4040. The van der Waals surface area contributed by atoms with Gasteiger partial charge in [-0.05, 0) is 53.4 Å². The van der Waals surface area contributed by atoms with Crippen LogP contribution in [0.4, 0.5) is 19.2 Å². The normalized spacial score (nSPS) is 38.1. The maximum atomic E-state index is 15.2. The van der Waals surface area contributed by atoms with Gasteiger partial charge >= 0.3 is 24.4 Å². The van der Waals surface area contributed by atoms with Crippen molar-refractivity contribution in [3.05, 3.63) is 90.2 Å². The van der Waals surface area contributed by atoms with Gasteiger partial charge in [0, 0.05) is 148 Å². The fraction of sp³-hybridized carbons (Fsp3) is 0.611. The van der Waals surface area contributed by atoms with Crippen molar-refractivity contribution >= 4 is 114 Å². The molecule has 0 spiro atoms. The number of hydrogen-bond donors (Lipinski definition) is 12. The lowest BCUT2D eigenvalue weighted by Crippen LogP contribution is -2.58. The molecule has 17 rings (SSSR count). The van der Waals surface area contributed by atoms with E-state index in [0.29, 0.717) is 77.5 Å². The average molecular weight is 1630 g/mol. The Kier molecular flexibility index (Phi) is 19.0. The van der Waals surface area contributed by atoms with E-state index in [1.54, 1.807) is 47.3 Å². The van der Waals surface area contributed by atoms with Crippen LogP contribution in [0.5, 0.6) is 0 Å². The zero-order chi connectivity index (χ0) is 79.2. The number of ketones is 8. The molecule has 17 aliphatic rings. The summed E-state index contributed by atoms with van der Waals surface area (Å²) >= 11 is 0. The highest BCUT2D eigenvalue weighted by Crippen LogP contribution is 2.59. The van der Waals surface area contributed by atoms with Gasteiger partial charge in [0.25, 0.3) is 0 Å². The number of amides is 4. The van der Waals surface area contributed by atoms with Crippen molar-refractivity contribution in [1.29, 1.82) is 0 Å². The van der Waals surface area contributed by atoms with Gasteiger partial charge in [-0.25, -0.2) is 19.2 Å². The molecule has 9 fully saturated rings. The van der Waals surface area contributed by atoms with E-state index < -0.39 is 118 Å². The second kappa shape index (κ2) is 27.8. The van der Waals surface area contributed by atoms with E-state index in [0.717, 1.165) is 0 Å². The van der Waals surface area contributed by atoms with Gasteiger partial charge in [0.05, 0.1) is 92.0 Å². The van der Waals surface area contributed by atoms with E-state index in [1.807, 2.05) is 0 Å². The predicted octanol–water partition coefficient (Wildman–Crippen LogP) is -1.66. The number of nitrogens with zero attached hydrogens (tertiary/aromatic N) is 4. The Labute approximate surface area is 657 Å². The summed E-state index contributed by atoms with van der Waals surface area (Å²) in [5, 5.41) is 25.5. The molecule has 4 aliphatic carbocycles. The number of piperazine rings is 4. The molecule has 0 aromatic heterocycles. The SMILES string of the molecule is CO[C@@]12[C@H](OC(N)=O)C3=C(C(=O)C(C)=C(NCC4CCCCC(CNC5=C(C)C(=O)C6=C(C5=O)[C@@H](OC(N)=O)[C@@]5(OC)[C@H]7N[C@H]7CN65)SSC(CNC5=C(C)C(=O)C6=C(C5=O)[C@@H](OC(N)=O)[C@@]5(OC)[C@H]7N[C@H]7CN65)CCCCC(CNC5=C(C)C(=O)C6=C(C5=O)[C@@H](OC(N)=O)[C@@]5(OC)[C@H]7N[C@H]7CN65)SS4)C3=O)N1C[C@@H]1N[C@@H]12. The number of hydrogen-bond acceptors (Lipinski definition) is 36. The van der Waals surface area contributed by atoms with E-state index in [1.165, 1.54) is 71.6 Å². The van der Waals surface area contributed by atoms with Gasteiger partial charge in [0.1, 0.15) is 0 Å². The first kappa shape index (κ1) is 76.5. The van der Waals surface area contributed by atoms with Crippen LogP contribution in [0.25, 0.3) is 0 Å². The van der Waals surface area contributed by atoms with Crippen molar-refractivity contribution in [2.45, 2.75) is 196 Å². The van der Waals surface area contributed by atoms with Crippen molar-refractivity contribution in [2.24, 2.45) is 22.9 Å². The van der Waals surface area contributed by atoms with Crippen molar-refractivity contribution in [3.8, 4) is 0 Å². The molecule has 0 aromatic rings. The third kappa shape index (κ3) is 11.2. The van der Waals surface area contributed by atoms with Crippen LogP contribution in [0.2, 0.25) is 0 Å². The number of rotatable bonds is 20. The van der Waals surface area contributed by atoms with E-state index >= 15 is 19.2 Å². The number of Topliss-reactive ketones (excluding diaryl/α,β-unsaturated/α-hetero) is 8. The van der Waals surface area contributed by atoms with Gasteiger partial charge in [0.2, 0.25) is 46.3 Å². The van der Waals surface area contributed by atoms with Gasteiger partial charge in [-0.1, -0.05) is 68.9 Å².